The second-order valence-corrected chi connectivity index (χ2v) is 3.88. The van der Waals surface area contributed by atoms with Gasteiger partial charge in [-0.15, -0.1) is 0 Å². The molecule has 0 radical (unpaired) electrons. The van der Waals surface area contributed by atoms with Crippen molar-refractivity contribution in [3.8, 4) is 11.8 Å². The predicted molar refractivity (Wildman–Crippen MR) is 70.4 cm³/mol. The second kappa shape index (κ2) is 7.09. The van der Waals surface area contributed by atoms with E-state index in [1.165, 1.54) is 11.1 Å². The Morgan fingerprint density at radius 3 is 2.50 bits per heavy atom. The Bertz CT molecular complexity index is 382. The van der Waals surface area contributed by atoms with Crippen LogP contribution in [0.2, 0.25) is 0 Å². The normalized spacial score (nSPS) is 9.69. The van der Waals surface area contributed by atoms with Crippen molar-refractivity contribution < 1.29 is 0 Å². The van der Waals surface area contributed by atoms with Crippen LogP contribution in [-0.4, -0.2) is 6.54 Å². The van der Waals surface area contributed by atoms with Gasteiger partial charge in [-0.05, 0) is 49.1 Å². The lowest BCUT2D eigenvalue weighted by Gasteiger charge is -2.05. The van der Waals surface area contributed by atoms with Crippen LogP contribution in [0.15, 0.2) is 18.2 Å². The summed E-state index contributed by atoms with van der Waals surface area (Å²) in [5.74, 6) is 6.36. The molecule has 0 amide bonds. The molecule has 0 fully saturated rings. The maximum absolute atomic E-state index is 5.42. The number of aryl methyl sites for hydroxylation is 2. The molecule has 0 aliphatic heterocycles. The van der Waals surface area contributed by atoms with Crippen LogP contribution < -0.4 is 5.73 Å². The van der Waals surface area contributed by atoms with E-state index >= 15 is 0 Å². The fourth-order valence-corrected chi connectivity index (χ4v) is 1.73. The van der Waals surface area contributed by atoms with Gasteiger partial charge in [0.1, 0.15) is 0 Å². The molecule has 16 heavy (non-hydrogen) atoms. The van der Waals surface area contributed by atoms with E-state index in [4.69, 9.17) is 5.73 Å². The van der Waals surface area contributed by atoms with E-state index in [1.54, 1.807) is 0 Å². The van der Waals surface area contributed by atoms with Crippen LogP contribution in [0.4, 0.5) is 0 Å². The first kappa shape index (κ1) is 12.8. The van der Waals surface area contributed by atoms with Crippen LogP contribution >= 0.6 is 0 Å². The molecule has 0 aliphatic rings. The molecule has 0 saturated heterocycles. The Morgan fingerprint density at radius 1 is 1.12 bits per heavy atom. The Labute approximate surface area is 99.1 Å². The number of hydrogen-bond donors (Lipinski definition) is 1. The smallest absolute Gasteiger partial charge is 0.0248 e. The summed E-state index contributed by atoms with van der Waals surface area (Å²) in [5, 5.41) is 0. The van der Waals surface area contributed by atoms with Gasteiger partial charge in [0.05, 0.1) is 0 Å². The summed E-state index contributed by atoms with van der Waals surface area (Å²) in [6.07, 6.45) is 4.07. The molecule has 0 heterocycles. The highest BCUT2D eigenvalue weighted by Crippen LogP contribution is 2.13. The van der Waals surface area contributed by atoms with Crippen molar-refractivity contribution in [3.05, 3.63) is 34.9 Å². The van der Waals surface area contributed by atoms with Gasteiger partial charge in [0.15, 0.2) is 0 Å². The number of hydrogen-bond acceptors (Lipinski definition) is 1. The first-order valence-corrected chi connectivity index (χ1v) is 6.12. The molecule has 1 aromatic rings. The zero-order chi connectivity index (χ0) is 11.8. The lowest BCUT2D eigenvalue weighted by molar-refractivity contribution is 0.870. The maximum Gasteiger partial charge on any atom is 0.0248 e. The van der Waals surface area contributed by atoms with Crippen LogP contribution in [0.25, 0.3) is 0 Å². The molecule has 0 unspecified atom stereocenters. The zero-order valence-electron chi connectivity index (χ0n) is 10.3. The zero-order valence-corrected chi connectivity index (χ0v) is 10.3. The molecule has 0 atom stereocenters. The summed E-state index contributed by atoms with van der Waals surface area (Å²) in [4.78, 5) is 0. The van der Waals surface area contributed by atoms with E-state index in [0.717, 1.165) is 37.8 Å². The first-order chi connectivity index (χ1) is 7.81. The molecule has 1 heteroatoms. The molecule has 0 aromatic heterocycles. The molecule has 0 aliphatic carbocycles. The highest BCUT2D eigenvalue weighted by Gasteiger charge is 1.98. The minimum absolute atomic E-state index is 0.726. The molecule has 1 aromatic carbocycles. The summed E-state index contributed by atoms with van der Waals surface area (Å²) in [5.41, 5.74) is 9.42. The summed E-state index contributed by atoms with van der Waals surface area (Å²) in [7, 11) is 0. The Morgan fingerprint density at radius 2 is 1.88 bits per heavy atom. The van der Waals surface area contributed by atoms with Gasteiger partial charge in [-0.1, -0.05) is 31.8 Å². The van der Waals surface area contributed by atoms with Gasteiger partial charge < -0.3 is 5.73 Å². The van der Waals surface area contributed by atoms with Gasteiger partial charge in [-0.25, -0.2) is 0 Å². The van der Waals surface area contributed by atoms with Gasteiger partial charge in [-0.2, -0.15) is 0 Å². The predicted octanol–water partition coefficient (Wildman–Crippen LogP) is 2.90. The van der Waals surface area contributed by atoms with Crippen molar-refractivity contribution in [2.75, 3.05) is 6.54 Å². The molecule has 0 saturated carbocycles. The number of rotatable bonds is 4. The van der Waals surface area contributed by atoms with Gasteiger partial charge in [-0.3, -0.25) is 0 Å². The third-order valence-electron chi connectivity index (χ3n) is 2.71. The average Bonchev–Trinajstić information content (AvgIpc) is 2.34. The van der Waals surface area contributed by atoms with E-state index in [1.807, 2.05) is 0 Å². The minimum Gasteiger partial charge on any atom is -0.330 e. The molecular formula is C15H21N. The number of benzene rings is 1. The SMILES string of the molecule is CCc1ccc(C#CCCCN)cc1CC. The Kier molecular flexibility index (Phi) is 5.67. The monoisotopic (exact) mass is 215 g/mol. The highest BCUT2D eigenvalue weighted by molar-refractivity contribution is 5.41. The third kappa shape index (κ3) is 3.72. The molecule has 86 valence electrons. The van der Waals surface area contributed by atoms with E-state index in [9.17, 15) is 0 Å². The summed E-state index contributed by atoms with van der Waals surface area (Å²) < 4.78 is 0. The third-order valence-corrected chi connectivity index (χ3v) is 2.71. The lowest BCUT2D eigenvalue weighted by Crippen LogP contribution is -1.96. The van der Waals surface area contributed by atoms with Crippen molar-refractivity contribution in [1.82, 2.24) is 0 Å². The van der Waals surface area contributed by atoms with Crippen LogP contribution in [0.5, 0.6) is 0 Å². The van der Waals surface area contributed by atoms with Crippen molar-refractivity contribution in [2.24, 2.45) is 5.73 Å². The van der Waals surface area contributed by atoms with Crippen molar-refractivity contribution in [3.63, 3.8) is 0 Å². The van der Waals surface area contributed by atoms with E-state index in [2.05, 4.69) is 43.9 Å². The van der Waals surface area contributed by atoms with Crippen LogP contribution in [0.1, 0.15) is 43.4 Å². The molecule has 2 N–H and O–H groups in total. The van der Waals surface area contributed by atoms with E-state index < -0.39 is 0 Å². The molecule has 0 bridgehead atoms. The molecular weight excluding hydrogens is 194 g/mol. The summed E-state index contributed by atoms with van der Waals surface area (Å²) in [6, 6.07) is 6.54. The van der Waals surface area contributed by atoms with Crippen LogP contribution in [0, 0.1) is 11.8 Å². The largest absolute Gasteiger partial charge is 0.330 e. The quantitative estimate of drug-likeness (QED) is 0.606. The standard InChI is InChI=1S/C15H21N/c1-3-14-10-9-13(12-15(14)4-2)8-6-5-7-11-16/h9-10,12H,3-5,7,11,16H2,1-2H3. The maximum atomic E-state index is 5.42. The fourth-order valence-electron chi connectivity index (χ4n) is 1.73. The Hall–Kier alpha value is -1.26. The van der Waals surface area contributed by atoms with Crippen LogP contribution in [0.3, 0.4) is 0 Å². The van der Waals surface area contributed by atoms with Gasteiger partial charge in [0.2, 0.25) is 0 Å². The van der Waals surface area contributed by atoms with Crippen molar-refractivity contribution >= 4 is 0 Å². The average molecular weight is 215 g/mol. The van der Waals surface area contributed by atoms with Crippen molar-refractivity contribution in [2.45, 2.75) is 39.5 Å². The number of unbranched alkanes of at least 4 members (excludes halogenated alkanes) is 1. The van der Waals surface area contributed by atoms with E-state index in [0.29, 0.717) is 0 Å². The summed E-state index contributed by atoms with van der Waals surface area (Å²) in [6.45, 7) is 5.12. The molecule has 1 rings (SSSR count). The summed E-state index contributed by atoms with van der Waals surface area (Å²) >= 11 is 0. The topological polar surface area (TPSA) is 26.0 Å². The van der Waals surface area contributed by atoms with Crippen molar-refractivity contribution in [1.29, 1.82) is 0 Å². The van der Waals surface area contributed by atoms with Crippen LogP contribution in [-0.2, 0) is 12.8 Å². The van der Waals surface area contributed by atoms with Gasteiger partial charge in [0, 0.05) is 12.0 Å². The van der Waals surface area contributed by atoms with Gasteiger partial charge in [0.25, 0.3) is 0 Å². The minimum atomic E-state index is 0.726. The Balaban J connectivity index is 2.77. The molecule has 0 spiro atoms. The first-order valence-electron chi connectivity index (χ1n) is 6.12. The van der Waals surface area contributed by atoms with Gasteiger partial charge >= 0.3 is 0 Å². The second-order valence-electron chi connectivity index (χ2n) is 3.88. The molecule has 1 nitrogen and oxygen atoms in total. The number of nitrogens with two attached hydrogens (primary N) is 1. The fraction of sp³-hybridized carbons (Fsp3) is 0.467. The van der Waals surface area contributed by atoms with E-state index in [-0.39, 0.29) is 0 Å². The lowest BCUT2D eigenvalue weighted by atomic mass is 10.0. The highest BCUT2D eigenvalue weighted by atomic mass is 14.5.